The molecule has 0 saturated heterocycles. The second-order valence-electron chi connectivity index (χ2n) is 6.76. The van der Waals surface area contributed by atoms with E-state index in [0.717, 1.165) is 31.2 Å². The summed E-state index contributed by atoms with van der Waals surface area (Å²) >= 11 is 1.59. The predicted octanol–water partition coefficient (Wildman–Crippen LogP) is 3.23. The molecule has 0 aromatic carbocycles. The highest BCUT2D eigenvalue weighted by Crippen LogP contribution is 2.30. The summed E-state index contributed by atoms with van der Waals surface area (Å²) in [6.07, 6.45) is 3.20. The molecule has 6 heteroatoms. The van der Waals surface area contributed by atoms with Crippen molar-refractivity contribution in [3.8, 4) is 6.07 Å². The van der Waals surface area contributed by atoms with E-state index in [1.165, 1.54) is 11.8 Å². The number of rotatable bonds is 5. The minimum Gasteiger partial charge on any atom is -0.449 e. The van der Waals surface area contributed by atoms with E-state index in [0.29, 0.717) is 5.56 Å². The van der Waals surface area contributed by atoms with E-state index in [2.05, 4.69) is 11.4 Å². The molecule has 24 heavy (non-hydrogen) atoms. The number of esters is 1. The number of aryl methyl sites for hydroxylation is 1. The van der Waals surface area contributed by atoms with E-state index >= 15 is 0 Å². The zero-order valence-corrected chi connectivity index (χ0v) is 15.5. The van der Waals surface area contributed by atoms with Crippen LogP contribution in [0.5, 0.6) is 0 Å². The van der Waals surface area contributed by atoms with Gasteiger partial charge in [-0.1, -0.05) is 13.8 Å². The van der Waals surface area contributed by atoms with Crippen molar-refractivity contribution in [2.24, 2.45) is 5.92 Å². The number of thiophene rings is 1. The molecule has 1 aromatic rings. The number of ether oxygens (including phenoxy) is 1. The highest BCUT2D eigenvalue weighted by atomic mass is 32.1. The Balaban J connectivity index is 2.03. The first-order chi connectivity index (χ1) is 11.3. The minimum atomic E-state index is -0.987. The molecule has 0 fully saturated rings. The minimum absolute atomic E-state index is 0.0572. The van der Waals surface area contributed by atoms with Gasteiger partial charge in [0.25, 0.3) is 5.91 Å². The first kappa shape index (κ1) is 18.5. The Morgan fingerprint density at radius 3 is 2.62 bits per heavy atom. The third kappa shape index (κ3) is 3.78. The number of nitrogens with one attached hydrogen (secondary N) is 1. The predicted molar refractivity (Wildman–Crippen MR) is 92.8 cm³/mol. The van der Waals surface area contributed by atoms with Gasteiger partial charge >= 0.3 is 5.97 Å². The second kappa shape index (κ2) is 7.35. The van der Waals surface area contributed by atoms with Gasteiger partial charge in [0.2, 0.25) is 0 Å². The Morgan fingerprint density at radius 2 is 2.00 bits per heavy atom. The number of carbonyl (C=O) groups excluding carboxylic acids is 2. The molecular weight excluding hydrogens is 324 g/mol. The Morgan fingerprint density at radius 1 is 1.33 bits per heavy atom. The highest BCUT2D eigenvalue weighted by Gasteiger charge is 2.33. The molecule has 0 spiro atoms. The quantitative estimate of drug-likeness (QED) is 0.829. The molecule has 2 atom stereocenters. The van der Waals surface area contributed by atoms with Crippen molar-refractivity contribution in [3.63, 3.8) is 0 Å². The number of amides is 1. The van der Waals surface area contributed by atoms with Crippen molar-refractivity contribution in [2.75, 3.05) is 0 Å². The van der Waals surface area contributed by atoms with Gasteiger partial charge in [-0.2, -0.15) is 5.26 Å². The van der Waals surface area contributed by atoms with Crippen LogP contribution in [-0.2, 0) is 22.4 Å². The summed E-state index contributed by atoms with van der Waals surface area (Å²) in [6.45, 7) is 6.92. The summed E-state index contributed by atoms with van der Waals surface area (Å²) in [7, 11) is 0. The molecule has 1 N–H and O–H groups in total. The summed E-state index contributed by atoms with van der Waals surface area (Å²) in [5.74, 6) is -0.969. The van der Waals surface area contributed by atoms with Gasteiger partial charge in [-0.15, -0.1) is 11.3 Å². The molecule has 1 amide bonds. The molecule has 0 aliphatic heterocycles. The number of nitriles is 1. The van der Waals surface area contributed by atoms with Crippen molar-refractivity contribution in [3.05, 3.63) is 21.4 Å². The van der Waals surface area contributed by atoms with Crippen molar-refractivity contribution in [1.29, 1.82) is 5.26 Å². The maximum absolute atomic E-state index is 12.4. The van der Waals surface area contributed by atoms with Crippen LogP contribution in [0.15, 0.2) is 5.38 Å². The van der Waals surface area contributed by atoms with Gasteiger partial charge in [0, 0.05) is 10.3 Å². The van der Waals surface area contributed by atoms with Gasteiger partial charge in [0.05, 0.1) is 11.6 Å². The van der Waals surface area contributed by atoms with Crippen molar-refractivity contribution in [1.82, 2.24) is 5.32 Å². The molecule has 1 aliphatic rings. The summed E-state index contributed by atoms with van der Waals surface area (Å²) in [5, 5.41) is 13.8. The van der Waals surface area contributed by atoms with E-state index in [1.807, 2.05) is 19.2 Å². The largest absolute Gasteiger partial charge is 0.449 e. The summed E-state index contributed by atoms with van der Waals surface area (Å²) in [6, 6.07) is 2.11. The van der Waals surface area contributed by atoms with Crippen LogP contribution in [-0.4, -0.2) is 23.5 Å². The average Bonchev–Trinajstić information content (AvgIpc) is 2.98. The highest BCUT2D eigenvalue weighted by molar-refractivity contribution is 7.10. The lowest BCUT2D eigenvalue weighted by molar-refractivity contribution is -0.130. The Labute approximate surface area is 147 Å². The number of nitrogens with zero attached hydrogens (tertiary/aromatic N) is 1. The van der Waals surface area contributed by atoms with Crippen molar-refractivity contribution < 1.29 is 14.3 Å². The van der Waals surface area contributed by atoms with Crippen LogP contribution in [0.3, 0.4) is 0 Å². The number of hydrogen-bond donors (Lipinski definition) is 1. The van der Waals surface area contributed by atoms with Crippen LogP contribution < -0.4 is 5.32 Å². The Kier molecular flexibility index (Phi) is 5.66. The van der Waals surface area contributed by atoms with Crippen LogP contribution in [0, 0.1) is 17.2 Å². The molecule has 1 aliphatic carbocycles. The molecule has 1 aromatic heterocycles. The van der Waals surface area contributed by atoms with Crippen LogP contribution in [0.1, 0.15) is 61.3 Å². The molecule has 130 valence electrons. The van der Waals surface area contributed by atoms with Gasteiger partial charge < -0.3 is 10.1 Å². The molecule has 0 bridgehead atoms. The SMILES string of the molecule is CC(C)[C@](C)(C#N)NC(=O)[C@@H](C)OC(=O)c1csc2c1CCCC2. The maximum Gasteiger partial charge on any atom is 0.340 e. The third-order valence-electron chi connectivity index (χ3n) is 4.70. The van der Waals surface area contributed by atoms with Gasteiger partial charge in [0.1, 0.15) is 5.54 Å². The maximum atomic E-state index is 12.4. The number of hydrogen-bond acceptors (Lipinski definition) is 5. The lowest BCUT2D eigenvalue weighted by Crippen LogP contribution is -2.52. The van der Waals surface area contributed by atoms with Gasteiger partial charge in [-0.05, 0) is 51.0 Å². The topological polar surface area (TPSA) is 79.2 Å². The fraction of sp³-hybridized carbons (Fsp3) is 0.611. The standard InChI is InChI=1S/C18H24N2O3S/c1-11(2)18(4,10-19)20-16(21)12(3)23-17(22)14-9-24-15-8-6-5-7-13(14)15/h9,11-12H,5-8H2,1-4H3,(H,20,21)/t12-,18+/m1/s1. The van der Waals surface area contributed by atoms with E-state index in [4.69, 9.17) is 4.74 Å². The van der Waals surface area contributed by atoms with Crippen molar-refractivity contribution in [2.45, 2.75) is 65.0 Å². The zero-order chi connectivity index (χ0) is 17.9. The smallest absolute Gasteiger partial charge is 0.340 e. The summed E-state index contributed by atoms with van der Waals surface area (Å²) in [4.78, 5) is 25.9. The van der Waals surface area contributed by atoms with E-state index < -0.39 is 23.5 Å². The van der Waals surface area contributed by atoms with Crippen LogP contribution in [0.25, 0.3) is 0 Å². The first-order valence-corrected chi connectivity index (χ1v) is 9.20. The fourth-order valence-corrected chi connectivity index (χ4v) is 3.72. The number of fused-ring (bicyclic) bond motifs is 1. The average molecular weight is 348 g/mol. The number of carbonyl (C=O) groups is 2. The van der Waals surface area contributed by atoms with Gasteiger partial charge in [-0.25, -0.2) is 4.79 Å². The lowest BCUT2D eigenvalue weighted by atomic mass is 9.90. The Hall–Kier alpha value is -1.87. The fourth-order valence-electron chi connectivity index (χ4n) is 2.60. The summed E-state index contributed by atoms with van der Waals surface area (Å²) in [5.41, 5.74) is 0.674. The van der Waals surface area contributed by atoms with E-state index in [1.54, 1.807) is 18.3 Å². The van der Waals surface area contributed by atoms with E-state index in [9.17, 15) is 14.9 Å². The molecule has 5 nitrogen and oxygen atoms in total. The molecule has 0 radical (unpaired) electrons. The molecule has 1 heterocycles. The van der Waals surface area contributed by atoms with Gasteiger partial charge in [-0.3, -0.25) is 4.79 Å². The second-order valence-corrected chi connectivity index (χ2v) is 7.73. The molecule has 0 unspecified atom stereocenters. The zero-order valence-electron chi connectivity index (χ0n) is 14.6. The van der Waals surface area contributed by atoms with E-state index in [-0.39, 0.29) is 5.92 Å². The van der Waals surface area contributed by atoms with Crippen molar-refractivity contribution >= 4 is 23.2 Å². The van der Waals surface area contributed by atoms with Crippen LogP contribution >= 0.6 is 11.3 Å². The Bertz CT molecular complexity index is 674. The lowest BCUT2D eigenvalue weighted by Gasteiger charge is -2.28. The van der Waals surface area contributed by atoms with Crippen LogP contribution in [0.2, 0.25) is 0 Å². The monoisotopic (exact) mass is 348 g/mol. The third-order valence-corrected chi connectivity index (χ3v) is 5.79. The molecule has 0 saturated carbocycles. The van der Waals surface area contributed by atoms with Crippen LogP contribution in [0.4, 0.5) is 0 Å². The summed E-state index contributed by atoms with van der Waals surface area (Å²) < 4.78 is 5.34. The molecule has 2 rings (SSSR count). The first-order valence-electron chi connectivity index (χ1n) is 8.32. The molecular formula is C18H24N2O3S. The van der Waals surface area contributed by atoms with Gasteiger partial charge in [0.15, 0.2) is 6.10 Å². The normalized spacial score (nSPS) is 17.3.